The summed E-state index contributed by atoms with van der Waals surface area (Å²) in [5.41, 5.74) is 0.357. The van der Waals surface area contributed by atoms with Crippen LogP contribution in [-0.4, -0.2) is 48.1 Å². The van der Waals surface area contributed by atoms with E-state index >= 15 is 0 Å². The zero-order chi connectivity index (χ0) is 13.1. The minimum Gasteiger partial charge on any atom is -0.311 e. The van der Waals surface area contributed by atoms with Gasteiger partial charge in [0.25, 0.3) is 0 Å². The molecule has 1 rings (SSSR count). The number of nitrogens with one attached hydrogen (secondary N) is 1. The fourth-order valence-electron chi connectivity index (χ4n) is 2.66. The Morgan fingerprint density at radius 3 is 2.53 bits per heavy atom. The normalized spacial score (nSPS) is 29.3. The third-order valence-electron chi connectivity index (χ3n) is 3.95. The van der Waals surface area contributed by atoms with Crippen molar-refractivity contribution in [3.63, 3.8) is 0 Å². The zero-order valence-electron chi connectivity index (χ0n) is 12.4. The molecule has 1 fully saturated rings. The van der Waals surface area contributed by atoms with Gasteiger partial charge in [0.05, 0.1) is 0 Å². The Labute approximate surface area is 112 Å². The molecule has 0 spiro atoms. The lowest BCUT2D eigenvalue weighted by Gasteiger charge is -2.47. The molecule has 0 bridgehead atoms. The van der Waals surface area contributed by atoms with Crippen molar-refractivity contribution in [2.45, 2.75) is 59.2 Å². The molecule has 0 aromatic heterocycles. The fourth-order valence-corrected chi connectivity index (χ4v) is 3.33. The SMILES string of the molecule is CCC1CNC(C(C)(C)C)CN1C(C)CSC. The molecule has 102 valence electrons. The Balaban J connectivity index is 2.68. The molecule has 3 heteroatoms. The number of nitrogens with zero attached hydrogens (tertiary/aromatic N) is 1. The molecular formula is C14H30N2S. The van der Waals surface area contributed by atoms with Gasteiger partial charge in [-0.1, -0.05) is 27.7 Å². The van der Waals surface area contributed by atoms with Crippen molar-refractivity contribution in [1.29, 1.82) is 0 Å². The third-order valence-corrected chi connectivity index (χ3v) is 4.77. The molecular weight excluding hydrogens is 228 g/mol. The van der Waals surface area contributed by atoms with E-state index in [0.717, 1.165) is 12.6 Å². The standard InChI is InChI=1S/C14H30N2S/c1-7-12-8-15-13(14(3,4)5)9-16(12)11(2)10-17-6/h11-13,15H,7-10H2,1-6H3. The lowest BCUT2D eigenvalue weighted by Crippen LogP contribution is -2.62. The number of hydrogen-bond donors (Lipinski definition) is 1. The second-order valence-electron chi connectivity index (χ2n) is 6.39. The Bertz CT molecular complexity index is 225. The van der Waals surface area contributed by atoms with Crippen LogP contribution in [0.25, 0.3) is 0 Å². The summed E-state index contributed by atoms with van der Waals surface area (Å²) in [7, 11) is 0. The highest BCUT2D eigenvalue weighted by Gasteiger charge is 2.35. The van der Waals surface area contributed by atoms with E-state index in [1.165, 1.54) is 18.7 Å². The molecule has 0 aromatic carbocycles. The molecule has 1 saturated heterocycles. The first-order valence-corrected chi connectivity index (χ1v) is 8.27. The van der Waals surface area contributed by atoms with Gasteiger partial charge < -0.3 is 5.32 Å². The molecule has 3 atom stereocenters. The maximum absolute atomic E-state index is 3.74. The van der Waals surface area contributed by atoms with Gasteiger partial charge in [-0.05, 0) is 25.0 Å². The van der Waals surface area contributed by atoms with E-state index in [2.05, 4.69) is 51.1 Å². The van der Waals surface area contributed by atoms with Crippen LogP contribution in [0, 0.1) is 5.41 Å². The molecule has 0 radical (unpaired) electrons. The van der Waals surface area contributed by atoms with Gasteiger partial charge in [0.15, 0.2) is 0 Å². The van der Waals surface area contributed by atoms with E-state index < -0.39 is 0 Å². The predicted molar refractivity (Wildman–Crippen MR) is 79.9 cm³/mol. The summed E-state index contributed by atoms with van der Waals surface area (Å²) in [4.78, 5) is 2.73. The van der Waals surface area contributed by atoms with Gasteiger partial charge in [0.2, 0.25) is 0 Å². The summed E-state index contributed by atoms with van der Waals surface area (Å²) in [5.74, 6) is 1.24. The largest absolute Gasteiger partial charge is 0.311 e. The zero-order valence-corrected chi connectivity index (χ0v) is 13.2. The minimum atomic E-state index is 0.357. The Hall–Kier alpha value is 0.270. The van der Waals surface area contributed by atoms with Crippen LogP contribution in [-0.2, 0) is 0 Å². The highest BCUT2D eigenvalue weighted by molar-refractivity contribution is 7.98. The summed E-state index contributed by atoms with van der Waals surface area (Å²) in [6.07, 6.45) is 3.46. The van der Waals surface area contributed by atoms with Crippen LogP contribution in [0.1, 0.15) is 41.0 Å². The Morgan fingerprint density at radius 1 is 1.41 bits per heavy atom. The first-order chi connectivity index (χ1) is 7.90. The fraction of sp³-hybridized carbons (Fsp3) is 1.00. The lowest BCUT2D eigenvalue weighted by atomic mass is 9.84. The van der Waals surface area contributed by atoms with Crippen LogP contribution in [0.2, 0.25) is 0 Å². The summed E-state index contributed by atoms with van der Waals surface area (Å²) in [6, 6.07) is 2.03. The van der Waals surface area contributed by atoms with E-state index in [-0.39, 0.29) is 0 Å². The average Bonchev–Trinajstić information content (AvgIpc) is 2.27. The van der Waals surface area contributed by atoms with Crippen molar-refractivity contribution in [2.75, 3.05) is 25.1 Å². The number of hydrogen-bond acceptors (Lipinski definition) is 3. The van der Waals surface area contributed by atoms with Gasteiger partial charge in [0.1, 0.15) is 0 Å². The van der Waals surface area contributed by atoms with Crippen molar-refractivity contribution in [1.82, 2.24) is 10.2 Å². The molecule has 0 aromatic rings. The summed E-state index contributed by atoms with van der Waals surface area (Å²) in [5, 5.41) is 3.74. The van der Waals surface area contributed by atoms with Crippen LogP contribution in [0.4, 0.5) is 0 Å². The van der Waals surface area contributed by atoms with Gasteiger partial charge in [0, 0.05) is 37.0 Å². The number of thioether (sulfide) groups is 1. The molecule has 0 amide bonds. The quantitative estimate of drug-likeness (QED) is 0.835. The van der Waals surface area contributed by atoms with E-state index in [4.69, 9.17) is 0 Å². The molecule has 2 nitrogen and oxygen atoms in total. The number of rotatable bonds is 4. The number of piperazine rings is 1. The molecule has 1 aliphatic rings. The maximum Gasteiger partial charge on any atom is 0.0244 e. The smallest absolute Gasteiger partial charge is 0.0244 e. The van der Waals surface area contributed by atoms with Crippen LogP contribution in [0.15, 0.2) is 0 Å². The van der Waals surface area contributed by atoms with Gasteiger partial charge in [-0.25, -0.2) is 0 Å². The van der Waals surface area contributed by atoms with Crippen LogP contribution >= 0.6 is 11.8 Å². The highest BCUT2D eigenvalue weighted by atomic mass is 32.2. The first-order valence-electron chi connectivity index (χ1n) is 6.88. The monoisotopic (exact) mass is 258 g/mol. The van der Waals surface area contributed by atoms with Crippen LogP contribution < -0.4 is 5.32 Å². The third kappa shape index (κ3) is 4.15. The molecule has 1 heterocycles. The molecule has 3 unspecified atom stereocenters. The molecule has 0 aliphatic carbocycles. The minimum absolute atomic E-state index is 0.357. The highest BCUT2D eigenvalue weighted by Crippen LogP contribution is 2.26. The second kappa shape index (κ2) is 6.44. The van der Waals surface area contributed by atoms with Crippen molar-refractivity contribution >= 4 is 11.8 Å². The van der Waals surface area contributed by atoms with Crippen molar-refractivity contribution in [2.24, 2.45) is 5.41 Å². The van der Waals surface area contributed by atoms with Crippen LogP contribution in [0.3, 0.4) is 0 Å². The molecule has 1 N–H and O–H groups in total. The molecule has 1 aliphatic heterocycles. The summed E-state index contributed by atoms with van der Waals surface area (Å²) >= 11 is 1.96. The van der Waals surface area contributed by atoms with Gasteiger partial charge in [-0.3, -0.25) is 4.90 Å². The van der Waals surface area contributed by atoms with E-state index in [9.17, 15) is 0 Å². The van der Waals surface area contributed by atoms with Crippen LogP contribution in [0.5, 0.6) is 0 Å². The van der Waals surface area contributed by atoms with Gasteiger partial charge >= 0.3 is 0 Å². The maximum atomic E-state index is 3.74. The van der Waals surface area contributed by atoms with E-state index in [1.807, 2.05) is 11.8 Å². The van der Waals surface area contributed by atoms with E-state index in [1.54, 1.807) is 0 Å². The Kier molecular flexibility index (Phi) is 5.81. The average molecular weight is 258 g/mol. The molecule has 0 saturated carbocycles. The summed E-state index contributed by atoms with van der Waals surface area (Å²) in [6.45, 7) is 14.1. The predicted octanol–water partition coefficient (Wildman–Crippen LogP) is 2.84. The van der Waals surface area contributed by atoms with Gasteiger partial charge in [-0.2, -0.15) is 11.8 Å². The van der Waals surface area contributed by atoms with Crippen molar-refractivity contribution < 1.29 is 0 Å². The van der Waals surface area contributed by atoms with Gasteiger partial charge in [-0.15, -0.1) is 0 Å². The van der Waals surface area contributed by atoms with Crippen molar-refractivity contribution in [3.8, 4) is 0 Å². The Morgan fingerprint density at radius 2 is 2.06 bits per heavy atom. The first kappa shape index (κ1) is 15.3. The van der Waals surface area contributed by atoms with Crippen molar-refractivity contribution in [3.05, 3.63) is 0 Å². The van der Waals surface area contributed by atoms with E-state index in [0.29, 0.717) is 17.5 Å². The summed E-state index contributed by atoms with van der Waals surface area (Å²) < 4.78 is 0. The molecule has 17 heavy (non-hydrogen) atoms. The second-order valence-corrected chi connectivity index (χ2v) is 7.30. The topological polar surface area (TPSA) is 15.3 Å². The lowest BCUT2D eigenvalue weighted by molar-refractivity contribution is 0.0609.